The first-order valence-corrected chi connectivity index (χ1v) is 8.76. The van der Waals surface area contributed by atoms with E-state index in [4.69, 9.17) is 4.74 Å². The summed E-state index contributed by atoms with van der Waals surface area (Å²) in [5.74, 6) is -0.398. The molecule has 2 aromatic rings. The molecular weight excluding hydrogens is 357 g/mol. The predicted octanol–water partition coefficient (Wildman–Crippen LogP) is 3.47. The van der Waals surface area contributed by atoms with E-state index < -0.39 is 17.6 Å². The first-order valence-electron chi connectivity index (χ1n) is 8.76. The van der Waals surface area contributed by atoms with E-state index in [1.54, 1.807) is 0 Å². The summed E-state index contributed by atoms with van der Waals surface area (Å²) in [6.07, 6.45) is -4.41. The maximum atomic E-state index is 12.6. The van der Waals surface area contributed by atoms with E-state index in [9.17, 15) is 18.0 Å². The molecule has 0 aromatic heterocycles. The summed E-state index contributed by atoms with van der Waals surface area (Å²) in [5.41, 5.74) is 1.54. The molecule has 1 heterocycles. The Kier molecular flexibility index (Phi) is 6.13. The Labute approximate surface area is 155 Å². The Hall–Kier alpha value is -2.38. The summed E-state index contributed by atoms with van der Waals surface area (Å²) in [6.45, 7) is 4.26. The van der Waals surface area contributed by atoms with E-state index >= 15 is 0 Å². The predicted molar refractivity (Wildman–Crippen MR) is 95.2 cm³/mol. The number of ether oxygens (including phenoxy) is 1. The lowest BCUT2D eigenvalue weighted by Gasteiger charge is -2.27. The third kappa shape index (κ3) is 5.30. The molecule has 0 bridgehead atoms. The second-order valence-electron chi connectivity index (χ2n) is 6.42. The van der Waals surface area contributed by atoms with Crippen LogP contribution in [0.2, 0.25) is 0 Å². The Balaban J connectivity index is 1.61. The van der Waals surface area contributed by atoms with Gasteiger partial charge in [0.05, 0.1) is 18.8 Å². The normalized spacial score (nSPS) is 15.5. The number of halogens is 3. The van der Waals surface area contributed by atoms with Crippen molar-refractivity contribution in [3.8, 4) is 0 Å². The van der Waals surface area contributed by atoms with Crippen LogP contribution in [0.4, 0.5) is 13.2 Å². The van der Waals surface area contributed by atoms with Crippen molar-refractivity contribution in [2.24, 2.45) is 0 Å². The van der Waals surface area contributed by atoms with Crippen LogP contribution in [0.1, 0.15) is 27.0 Å². The number of carbonyl (C=O) groups is 1. The lowest BCUT2D eigenvalue weighted by molar-refractivity contribution is -0.137. The van der Waals surface area contributed by atoms with Gasteiger partial charge in [-0.25, -0.2) is 0 Å². The highest BCUT2D eigenvalue weighted by atomic mass is 19.4. The van der Waals surface area contributed by atoms with Gasteiger partial charge in [-0.15, -0.1) is 0 Å². The number of benzene rings is 2. The highest BCUT2D eigenvalue weighted by molar-refractivity contribution is 5.94. The molecule has 0 saturated carbocycles. The summed E-state index contributed by atoms with van der Waals surface area (Å²) in [4.78, 5) is 14.6. The number of carbonyl (C=O) groups excluding carboxylic acids is 1. The number of rotatable bonds is 5. The second kappa shape index (κ2) is 8.54. The Morgan fingerprint density at radius 1 is 1.00 bits per heavy atom. The van der Waals surface area contributed by atoms with Crippen LogP contribution in [0, 0.1) is 0 Å². The number of nitrogens with zero attached hydrogens (tertiary/aromatic N) is 1. The smallest absolute Gasteiger partial charge is 0.379 e. The maximum Gasteiger partial charge on any atom is 0.416 e. The summed E-state index contributed by atoms with van der Waals surface area (Å²) in [6, 6.07) is 12.1. The van der Waals surface area contributed by atoms with Crippen molar-refractivity contribution in [3.05, 3.63) is 70.8 Å². The number of amides is 1. The monoisotopic (exact) mass is 378 g/mol. The van der Waals surface area contributed by atoms with Crippen LogP contribution in [-0.2, 0) is 24.0 Å². The van der Waals surface area contributed by atoms with Crippen molar-refractivity contribution < 1.29 is 22.7 Å². The zero-order valence-electron chi connectivity index (χ0n) is 14.8. The Bertz CT molecular complexity index is 770. The lowest BCUT2D eigenvalue weighted by atomic mass is 10.1. The molecule has 1 N–H and O–H groups in total. The molecule has 0 aliphatic carbocycles. The molecule has 27 heavy (non-hydrogen) atoms. The van der Waals surface area contributed by atoms with Crippen LogP contribution in [0.3, 0.4) is 0 Å². The Morgan fingerprint density at radius 2 is 1.63 bits per heavy atom. The molecule has 1 fully saturated rings. The number of morpholine rings is 1. The van der Waals surface area contributed by atoms with Gasteiger partial charge >= 0.3 is 6.18 Å². The van der Waals surface area contributed by atoms with Gasteiger partial charge in [-0.05, 0) is 35.4 Å². The van der Waals surface area contributed by atoms with Gasteiger partial charge in [-0.1, -0.05) is 24.3 Å². The van der Waals surface area contributed by atoms with Crippen LogP contribution in [-0.4, -0.2) is 37.1 Å². The minimum atomic E-state index is -4.41. The van der Waals surface area contributed by atoms with Crippen LogP contribution < -0.4 is 5.32 Å². The minimum Gasteiger partial charge on any atom is -0.379 e. The fraction of sp³-hybridized carbons (Fsp3) is 0.350. The molecule has 0 unspecified atom stereocenters. The first kappa shape index (κ1) is 19.4. The molecule has 0 radical (unpaired) electrons. The van der Waals surface area contributed by atoms with E-state index in [0.717, 1.165) is 42.9 Å². The summed E-state index contributed by atoms with van der Waals surface area (Å²) in [5, 5.41) is 2.79. The van der Waals surface area contributed by atoms with Gasteiger partial charge in [0, 0.05) is 31.7 Å². The van der Waals surface area contributed by atoms with Gasteiger partial charge in [0.15, 0.2) is 0 Å². The van der Waals surface area contributed by atoms with E-state index in [1.165, 1.54) is 12.1 Å². The molecule has 1 aliphatic heterocycles. The number of hydrogen-bond donors (Lipinski definition) is 1. The zero-order valence-corrected chi connectivity index (χ0v) is 14.8. The molecule has 4 nitrogen and oxygen atoms in total. The number of alkyl halides is 3. The van der Waals surface area contributed by atoms with E-state index in [0.29, 0.717) is 19.8 Å². The summed E-state index contributed by atoms with van der Waals surface area (Å²) in [7, 11) is 0. The maximum absolute atomic E-state index is 12.6. The molecule has 1 amide bonds. The van der Waals surface area contributed by atoms with Gasteiger partial charge in [0.2, 0.25) is 0 Å². The van der Waals surface area contributed by atoms with Crippen molar-refractivity contribution in [2.45, 2.75) is 19.3 Å². The fourth-order valence-electron chi connectivity index (χ4n) is 2.97. The van der Waals surface area contributed by atoms with Crippen molar-refractivity contribution in [3.63, 3.8) is 0 Å². The molecule has 0 spiro atoms. The lowest BCUT2D eigenvalue weighted by Crippen LogP contribution is -2.36. The second-order valence-corrected chi connectivity index (χ2v) is 6.42. The zero-order chi connectivity index (χ0) is 19.3. The van der Waals surface area contributed by atoms with Crippen LogP contribution >= 0.6 is 0 Å². The van der Waals surface area contributed by atoms with E-state index in [1.807, 2.05) is 24.3 Å². The molecular formula is C20H21F3N2O2. The molecule has 1 saturated heterocycles. The molecule has 2 aromatic carbocycles. The van der Waals surface area contributed by atoms with Crippen molar-refractivity contribution in [1.82, 2.24) is 10.2 Å². The number of hydrogen-bond acceptors (Lipinski definition) is 3. The SMILES string of the molecule is O=C(NCc1ccccc1CN1CCOCC1)c1ccc(C(F)(F)F)cc1. The van der Waals surface area contributed by atoms with Gasteiger partial charge < -0.3 is 10.1 Å². The molecule has 3 rings (SSSR count). The topological polar surface area (TPSA) is 41.6 Å². The number of nitrogens with one attached hydrogen (secondary N) is 1. The molecule has 7 heteroatoms. The van der Waals surface area contributed by atoms with Crippen LogP contribution in [0.15, 0.2) is 48.5 Å². The first-order chi connectivity index (χ1) is 12.9. The average molecular weight is 378 g/mol. The van der Waals surface area contributed by atoms with E-state index in [-0.39, 0.29) is 5.56 Å². The third-order valence-corrected chi connectivity index (χ3v) is 4.53. The highest BCUT2D eigenvalue weighted by Gasteiger charge is 2.30. The molecule has 0 atom stereocenters. The fourth-order valence-corrected chi connectivity index (χ4v) is 2.97. The minimum absolute atomic E-state index is 0.202. The van der Waals surface area contributed by atoms with Crippen molar-refractivity contribution >= 4 is 5.91 Å². The standard InChI is InChI=1S/C20H21F3N2O2/c21-20(22,23)18-7-5-15(6-8-18)19(26)24-13-16-3-1-2-4-17(16)14-25-9-11-27-12-10-25/h1-8H,9-14H2,(H,24,26). The van der Waals surface area contributed by atoms with Gasteiger partial charge in [0.25, 0.3) is 5.91 Å². The average Bonchev–Trinajstić information content (AvgIpc) is 2.67. The van der Waals surface area contributed by atoms with Gasteiger partial charge in [-0.3, -0.25) is 9.69 Å². The van der Waals surface area contributed by atoms with E-state index in [2.05, 4.69) is 10.2 Å². The quantitative estimate of drug-likeness (QED) is 0.866. The van der Waals surface area contributed by atoms with Crippen LogP contribution in [0.25, 0.3) is 0 Å². The van der Waals surface area contributed by atoms with Crippen LogP contribution in [0.5, 0.6) is 0 Å². The molecule has 1 aliphatic rings. The van der Waals surface area contributed by atoms with Crippen molar-refractivity contribution in [2.75, 3.05) is 26.3 Å². The highest BCUT2D eigenvalue weighted by Crippen LogP contribution is 2.29. The molecule has 144 valence electrons. The Morgan fingerprint density at radius 3 is 2.26 bits per heavy atom. The van der Waals surface area contributed by atoms with Crippen molar-refractivity contribution in [1.29, 1.82) is 0 Å². The summed E-state index contributed by atoms with van der Waals surface area (Å²) < 4.78 is 43.2. The van der Waals surface area contributed by atoms with Gasteiger partial charge in [-0.2, -0.15) is 13.2 Å². The largest absolute Gasteiger partial charge is 0.416 e. The summed E-state index contributed by atoms with van der Waals surface area (Å²) >= 11 is 0. The van der Waals surface area contributed by atoms with Gasteiger partial charge in [0.1, 0.15) is 0 Å². The third-order valence-electron chi connectivity index (χ3n) is 4.53.